The molecule has 1 rings (SSSR count). The Balaban J connectivity index is 2.62. The predicted molar refractivity (Wildman–Crippen MR) is 54.0 cm³/mol. The summed E-state index contributed by atoms with van der Waals surface area (Å²) in [5, 5.41) is 0. The molecule has 1 aliphatic carbocycles. The highest BCUT2D eigenvalue weighted by molar-refractivity contribution is 5.04. The third-order valence-electron chi connectivity index (χ3n) is 2.72. The van der Waals surface area contributed by atoms with Crippen LogP contribution in [0.3, 0.4) is 0 Å². The zero-order valence-corrected chi connectivity index (χ0v) is 8.64. The fraction of sp³-hybridized carbons (Fsp3) is 0.818. The Bertz CT molecular complexity index is 158. The van der Waals surface area contributed by atoms with E-state index in [0.717, 1.165) is 5.92 Å². The fourth-order valence-corrected chi connectivity index (χ4v) is 1.99. The van der Waals surface area contributed by atoms with Crippen molar-refractivity contribution >= 4 is 0 Å². The molecule has 0 spiro atoms. The molecule has 0 aromatic carbocycles. The molecule has 0 aromatic heterocycles. The van der Waals surface area contributed by atoms with Crippen molar-refractivity contribution < 1.29 is 0 Å². The fourth-order valence-electron chi connectivity index (χ4n) is 1.99. The van der Waals surface area contributed by atoms with Crippen molar-refractivity contribution in [3.8, 4) is 0 Å². The second-order valence-corrected chi connectivity index (χ2v) is 4.06. The standard InChI is InChI=1S/C11H21N/c1-10-8-6-4-5-7-9-11(10)12(2)3/h9-10H,4-8H2,1-3H3/b11-9+. The van der Waals surface area contributed by atoms with Gasteiger partial charge in [-0.25, -0.2) is 0 Å². The lowest BCUT2D eigenvalue weighted by atomic mass is 9.94. The summed E-state index contributed by atoms with van der Waals surface area (Å²) in [5.41, 5.74) is 1.54. The van der Waals surface area contributed by atoms with Crippen LogP contribution in [0.25, 0.3) is 0 Å². The summed E-state index contributed by atoms with van der Waals surface area (Å²) in [6, 6.07) is 0. The first-order valence-corrected chi connectivity index (χ1v) is 5.09. The topological polar surface area (TPSA) is 3.24 Å². The van der Waals surface area contributed by atoms with Crippen molar-refractivity contribution in [1.82, 2.24) is 4.90 Å². The summed E-state index contributed by atoms with van der Waals surface area (Å²) >= 11 is 0. The average Bonchev–Trinajstić information content (AvgIpc) is 1.96. The van der Waals surface area contributed by atoms with E-state index in [4.69, 9.17) is 0 Å². The smallest absolute Gasteiger partial charge is 0.0116 e. The highest BCUT2D eigenvalue weighted by Crippen LogP contribution is 2.23. The van der Waals surface area contributed by atoms with Crippen molar-refractivity contribution in [3.05, 3.63) is 11.8 Å². The van der Waals surface area contributed by atoms with Crippen molar-refractivity contribution in [1.29, 1.82) is 0 Å². The zero-order valence-electron chi connectivity index (χ0n) is 8.64. The lowest BCUT2D eigenvalue weighted by Crippen LogP contribution is -2.18. The molecule has 0 radical (unpaired) electrons. The molecule has 0 saturated carbocycles. The molecule has 70 valence electrons. The van der Waals surface area contributed by atoms with Crippen molar-refractivity contribution in [2.45, 2.75) is 39.0 Å². The molecule has 0 N–H and O–H groups in total. The molecule has 1 aliphatic rings. The molecule has 1 unspecified atom stereocenters. The Hall–Kier alpha value is -0.460. The average molecular weight is 167 g/mol. The maximum atomic E-state index is 2.42. The van der Waals surface area contributed by atoms with Gasteiger partial charge in [-0.05, 0) is 25.2 Å². The molecule has 1 heteroatoms. The van der Waals surface area contributed by atoms with E-state index >= 15 is 0 Å². The van der Waals surface area contributed by atoms with E-state index in [2.05, 4.69) is 32.0 Å². The van der Waals surface area contributed by atoms with Gasteiger partial charge in [-0.3, -0.25) is 0 Å². The second kappa shape index (κ2) is 4.54. The molecular weight excluding hydrogens is 146 g/mol. The van der Waals surface area contributed by atoms with E-state index in [1.165, 1.54) is 37.8 Å². The van der Waals surface area contributed by atoms with Crippen LogP contribution in [0.1, 0.15) is 39.0 Å². The van der Waals surface area contributed by atoms with E-state index in [1.54, 1.807) is 0 Å². The van der Waals surface area contributed by atoms with Gasteiger partial charge in [0.05, 0.1) is 0 Å². The third kappa shape index (κ3) is 2.54. The molecule has 0 amide bonds. The first-order valence-electron chi connectivity index (χ1n) is 5.09. The number of nitrogens with zero attached hydrogens (tertiary/aromatic N) is 1. The Morgan fingerprint density at radius 1 is 1.25 bits per heavy atom. The van der Waals surface area contributed by atoms with E-state index in [9.17, 15) is 0 Å². The lowest BCUT2D eigenvalue weighted by molar-refractivity contribution is 0.395. The minimum atomic E-state index is 0.764. The highest BCUT2D eigenvalue weighted by atomic mass is 15.1. The molecule has 12 heavy (non-hydrogen) atoms. The van der Waals surface area contributed by atoms with Crippen LogP contribution in [-0.2, 0) is 0 Å². The minimum Gasteiger partial charge on any atom is -0.381 e. The highest BCUT2D eigenvalue weighted by Gasteiger charge is 2.11. The van der Waals surface area contributed by atoms with E-state index < -0.39 is 0 Å². The van der Waals surface area contributed by atoms with Crippen LogP contribution in [0.5, 0.6) is 0 Å². The van der Waals surface area contributed by atoms with E-state index in [0.29, 0.717) is 0 Å². The van der Waals surface area contributed by atoms with Gasteiger partial charge in [0.15, 0.2) is 0 Å². The minimum absolute atomic E-state index is 0.764. The molecule has 0 bridgehead atoms. The molecule has 0 saturated heterocycles. The van der Waals surface area contributed by atoms with Gasteiger partial charge >= 0.3 is 0 Å². The van der Waals surface area contributed by atoms with Gasteiger partial charge in [-0.15, -0.1) is 0 Å². The second-order valence-electron chi connectivity index (χ2n) is 4.06. The monoisotopic (exact) mass is 167 g/mol. The molecular formula is C11H21N. The van der Waals surface area contributed by atoms with Crippen molar-refractivity contribution in [2.75, 3.05) is 14.1 Å². The SMILES string of the molecule is CC1CCCCC/C=C\1N(C)C. The van der Waals surface area contributed by atoms with Crippen LogP contribution in [0.15, 0.2) is 11.8 Å². The molecule has 0 heterocycles. The van der Waals surface area contributed by atoms with Gasteiger partial charge in [0.2, 0.25) is 0 Å². The van der Waals surface area contributed by atoms with E-state index in [-0.39, 0.29) is 0 Å². The lowest BCUT2D eigenvalue weighted by Gasteiger charge is -2.25. The molecule has 0 aromatic rings. The summed E-state index contributed by atoms with van der Waals surface area (Å²) in [7, 11) is 4.31. The maximum absolute atomic E-state index is 2.42. The first-order chi connectivity index (χ1) is 5.72. The van der Waals surface area contributed by atoms with Crippen LogP contribution >= 0.6 is 0 Å². The summed E-state index contributed by atoms with van der Waals surface area (Å²) in [5.74, 6) is 0.764. The Labute approximate surface area is 76.5 Å². The molecule has 1 nitrogen and oxygen atoms in total. The quantitative estimate of drug-likeness (QED) is 0.580. The first kappa shape index (κ1) is 9.63. The van der Waals surface area contributed by atoms with Crippen LogP contribution < -0.4 is 0 Å². The maximum Gasteiger partial charge on any atom is 0.0116 e. The number of hydrogen-bond acceptors (Lipinski definition) is 1. The van der Waals surface area contributed by atoms with Crippen LogP contribution in [-0.4, -0.2) is 19.0 Å². The number of rotatable bonds is 1. The molecule has 1 atom stereocenters. The summed E-state index contributed by atoms with van der Waals surface area (Å²) in [6.07, 6.45) is 9.27. The Morgan fingerprint density at radius 2 is 2.00 bits per heavy atom. The largest absolute Gasteiger partial charge is 0.381 e. The van der Waals surface area contributed by atoms with Crippen molar-refractivity contribution in [3.63, 3.8) is 0 Å². The normalized spacial score (nSPS) is 29.9. The Morgan fingerprint density at radius 3 is 2.67 bits per heavy atom. The van der Waals surface area contributed by atoms with Gasteiger partial charge in [0.25, 0.3) is 0 Å². The van der Waals surface area contributed by atoms with Crippen LogP contribution in [0.2, 0.25) is 0 Å². The van der Waals surface area contributed by atoms with E-state index in [1.807, 2.05) is 0 Å². The third-order valence-corrected chi connectivity index (χ3v) is 2.72. The Kier molecular flexibility index (Phi) is 3.64. The molecule has 0 aliphatic heterocycles. The summed E-state index contributed by atoms with van der Waals surface area (Å²) < 4.78 is 0. The van der Waals surface area contributed by atoms with Gasteiger partial charge in [0.1, 0.15) is 0 Å². The number of allylic oxidation sites excluding steroid dienone is 2. The predicted octanol–water partition coefficient (Wildman–Crippen LogP) is 3.03. The number of hydrogen-bond donors (Lipinski definition) is 0. The van der Waals surface area contributed by atoms with Crippen LogP contribution in [0, 0.1) is 5.92 Å². The van der Waals surface area contributed by atoms with Gasteiger partial charge in [-0.1, -0.05) is 25.8 Å². The zero-order chi connectivity index (χ0) is 8.97. The van der Waals surface area contributed by atoms with Gasteiger partial charge < -0.3 is 4.90 Å². The van der Waals surface area contributed by atoms with Gasteiger partial charge in [-0.2, -0.15) is 0 Å². The summed E-state index contributed by atoms with van der Waals surface area (Å²) in [4.78, 5) is 2.27. The van der Waals surface area contributed by atoms with Crippen molar-refractivity contribution in [2.24, 2.45) is 5.92 Å². The van der Waals surface area contributed by atoms with Gasteiger partial charge in [0, 0.05) is 19.8 Å². The van der Waals surface area contributed by atoms with Crippen LogP contribution in [0.4, 0.5) is 0 Å². The summed E-state index contributed by atoms with van der Waals surface area (Å²) in [6.45, 7) is 2.34. The molecule has 0 fully saturated rings.